The summed E-state index contributed by atoms with van der Waals surface area (Å²) in [5.41, 5.74) is 2.56. The van der Waals surface area contributed by atoms with E-state index in [0.29, 0.717) is 18.5 Å². The Morgan fingerprint density at radius 3 is 2.62 bits per heavy atom. The van der Waals surface area contributed by atoms with E-state index in [1.807, 2.05) is 42.3 Å². The lowest BCUT2D eigenvalue weighted by Gasteiger charge is -2.39. The third kappa shape index (κ3) is 2.70. The molecule has 1 fully saturated rings. The van der Waals surface area contributed by atoms with Gasteiger partial charge in [0.25, 0.3) is 5.91 Å². The number of piperidine rings is 1. The van der Waals surface area contributed by atoms with Gasteiger partial charge in [-0.05, 0) is 25.5 Å². The minimum Gasteiger partial charge on any atom is -0.346 e. The van der Waals surface area contributed by atoms with Crippen LogP contribution < -0.4 is 5.32 Å². The highest BCUT2D eigenvalue weighted by atomic mass is 16.2. The summed E-state index contributed by atoms with van der Waals surface area (Å²) in [6.45, 7) is 1.96. The first-order valence-corrected chi connectivity index (χ1v) is 8.05. The van der Waals surface area contributed by atoms with Crippen molar-refractivity contribution >= 4 is 11.8 Å². The van der Waals surface area contributed by atoms with Gasteiger partial charge in [0, 0.05) is 33.3 Å². The molecule has 0 unspecified atom stereocenters. The number of nitrogens with zero attached hydrogens (tertiary/aromatic N) is 4. The molecule has 128 valence electrons. The van der Waals surface area contributed by atoms with E-state index in [1.165, 1.54) is 0 Å². The monoisotopic (exact) mass is 329 g/mol. The lowest BCUT2D eigenvalue weighted by molar-refractivity contribution is -0.136. The second-order valence-corrected chi connectivity index (χ2v) is 6.42. The van der Waals surface area contributed by atoms with Crippen LogP contribution in [0.25, 0.3) is 0 Å². The molecule has 24 heavy (non-hydrogen) atoms. The van der Waals surface area contributed by atoms with E-state index in [4.69, 9.17) is 0 Å². The zero-order chi connectivity index (χ0) is 17.4. The zero-order valence-electron chi connectivity index (χ0n) is 14.5. The van der Waals surface area contributed by atoms with E-state index in [1.54, 1.807) is 24.5 Å². The Hall–Kier alpha value is -2.57. The molecule has 3 rings (SSSR count). The Kier molecular flexibility index (Phi) is 4.17. The summed E-state index contributed by atoms with van der Waals surface area (Å²) in [4.78, 5) is 30.7. The molecule has 0 spiro atoms. The van der Waals surface area contributed by atoms with Crippen molar-refractivity contribution in [1.82, 2.24) is 24.3 Å². The summed E-state index contributed by atoms with van der Waals surface area (Å²) in [6, 6.07) is 3.38. The van der Waals surface area contributed by atoms with Crippen molar-refractivity contribution in [1.29, 1.82) is 0 Å². The van der Waals surface area contributed by atoms with Crippen LogP contribution in [0.1, 0.15) is 40.8 Å². The zero-order valence-corrected chi connectivity index (χ0v) is 14.5. The fourth-order valence-corrected chi connectivity index (χ4v) is 3.33. The maximum absolute atomic E-state index is 12.7. The molecule has 7 nitrogen and oxygen atoms in total. The summed E-state index contributed by atoms with van der Waals surface area (Å²) >= 11 is 0. The minimum absolute atomic E-state index is 0.0846. The lowest BCUT2D eigenvalue weighted by atomic mass is 9.93. The van der Waals surface area contributed by atoms with Crippen LogP contribution in [0.2, 0.25) is 0 Å². The SMILES string of the molecule is Cc1ccc(C(=O)N[C@@H]2CCC(=O)N(C)[C@H]2c2cncn2C)n1C. The van der Waals surface area contributed by atoms with Crippen LogP contribution in [-0.2, 0) is 18.9 Å². The summed E-state index contributed by atoms with van der Waals surface area (Å²) in [5.74, 6) is -0.0353. The van der Waals surface area contributed by atoms with Crippen molar-refractivity contribution in [3.8, 4) is 0 Å². The quantitative estimate of drug-likeness (QED) is 0.918. The van der Waals surface area contributed by atoms with Crippen LogP contribution in [0.15, 0.2) is 24.7 Å². The van der Waals surface area contributed by atoms with E-state index in [2.05, 4.69) is 10.3 Å². The molecule has 0 aliphatic carbocycles. The van der Waals surface area contributed by atoms with Gasteiger partial charge < -0.3 is 19.4 Å². The largest absolute Gasteiger partial charge is 0.346 e. The highest BCUT2D eigenvalue weighted by Gasteiger charge is 2.37. The van der Waals surface area contributed by atoms with Crippen LogP contribution in [0, 0.1) is 6.92 Å². The topological polar surface area (TPSA) is 72.2 Å². The average Bonchev–Trinajstić information content (AvgIpc) is 3.10. The fourth-order valence-electron chi connectivity index (χ4n) is 3.33. The van der Waals surface area contributed by atoms with Gasteiger partial charge in [0.1, 0.15) is 5.69 Å². The van der Waals surface area contributed by atoms with E-state index in [9.17, 15) is 9.59 Å². The molecule has 0 radical (unpaired) electrons. The number of nitrogens with one attached hydrogen (secondary N) is 1. The minimum atomic E-state index is -0.218. The molecule has 1 aliphatic rings. The highest BCUT2D eigenvalue weighted by molar-refractivity contribution is 5.93. The molecule has 1 aliphatic heterocycles. The summed E-state index contributed by atoms with van der Waals surface area (Å²) in [5, 5.41) is 3.11. The predicted octanol–water partition coefficient (Wildman–Crippen LogP) is 1.16. The number of likely N-dealkylation sites (N-methyl/N-ethyl adjacent to an activating group) is 1. The smallest absolute Gasteiger partial charge is 0.268 e. The molecule has 7 heteroatoms. The molecule has 2 atom stereocenters. The number of imidazole rings is 1. The van der Waals surface area contributed by atoms with Crippen molar-refractivity contribution in [2.75, 3.05) is 7.05 Å². The van der Waals surface area contributed by atoms with E-state index in [-0.39, 0.29) is 23.9 Å². The Balaban J connectivity index is 1.87. The molecule has 2 amide bonds. The Morgan fingerprint density at radius 1 is 1.29 bits per heavy atom. The van der Waals surface area contributed by atoms with Crippen molar-refractivity contribution in [3.63, 3.8) is 0 Å². The van der Waals surface area contributed by atoms with Gasteiger partial charge >= 0.3 is 0 Å². The number of carbonyl (C=O) groups is 2. The normalized spacial score (nSPS) is 21.2. The number of carbonyl (C=O) groups excluding carboxylic acids is 2. The van der Waals surface area contributed by atoms with Crippen molar-refractivity contribution in [2.45, 2.75) is 31.8 Å². The summed E-state index contributed by atoms with van der Waals surface area (Å²) < 4.78 is 3.76. The van der Waals surface area contributed by atoms with Gasteiger partial charge in [0.15, 0.2) is 0 Å². The first kappa shape index (κ1) is 16.3. The maximum atomic E-state index is 12.7. The van der Waals surface area contributed by atoms with Gasteiger partial charge in [-0.3, -0.25) is 9.59 Å². The molecule has 2 aromatic rings. The molecule has 1 saturated heterocycles. The molecule has 3 heterocycles. The first-order valence-electron chi connectivity index (χ1n) is 8.05. The van der Waals surface area contributed by atoms with Crippen molar-refractivity contribution in [3.05, 3.63) is 41.7 Å². The Morgan fingerprint density at radius 2 is 2.04 bits per heavy atom. The number of amides is 2. The van der Waals surface area contributed by atoms with Crippen molar-refractivity contribution in [2.24, 2.45) is 14.1 Å². The molecule has 0 bridgehead atoms. The fraction of sp³-hybridized carbons (Fsp3) is 0.471. The second-order valence-electron chi connectivity index (χ2n) is 6.42. The molecule has 0 saturated carbocycles. The van der Waals surface area contributed by atoms with Crippen LogP contribution in [0.4, 0.5) is 0 Å². The van der Waals surface area contributed by atoms with E-state index in [0.717, 1.165) is 11.4 Å². The van der Waals surface area contributed by atoms with Gasteiger partial charge in [-0.25, -0.2) is 4.98 Å². The molecule has 0 aromatic carbocycles. The number of hydrogen-bond donors (Lipinski definition) is 1. The van der Waals surface area contributed by atoms with Crippen LogP contribution in [-0.4, -0.2) is 43.9 Å². The third-order valence-corrected chi connectivity index (χ3v) is 4.94. The predicted molar refractivity (Wildman–Crippen MR) is 89.4 cm³/mol. The maximum Gasteiger partial charge on any atom is 0.268 e. The van der Waals surface area contributed by atoms with Gasteiger partial charge in [0.05, 0.1) is 30.3 Å². The average molecular weight is 329 g/mol. The second kappa shape index (κ2) is 6.14. The molecule has 1 N–H and O–H groups in total. The number of rotatable bonds is 3. The molecular formula is C17H23N5O2. The Bertz CT molecular complexity index is 776. The molecular weight excluding hydrogens is 306 g/mol. The first-order chi connectivity index (χ1) is 11.4. The molecule has 2 aromatic heterocycles. The summed E-state index contributed by atoms with van der Waals surface area (Å²) in [7, 11) is 5.55. The van der Waals surface area contributed by atoms with E-state index >= 15 is 0 Å². The van der Waals surface area contributed by atoms with Crippen LogP contribution in [0.3, 0.4) is 0 Å². The Labute approximate surface area is 141 Å². The van der Waals surface area contributed by atoms with Gasteiger partial charge in [-0.1, -0.05) is 0 Å². The standard InChI is InChI=1S/C17H23N5O2/c1-11-5-7-13(21(11)3)17(24)19-12-6-8-15(23)22(4)16(12)14-9-18-10-20(14)2/h5,7,9-10,12,16H,6,8H2,1-4H3,(H,19,24)/t12-,16-/m1/s1. The number of aromatic nitrogens is 3. The van der Waals surface area contributed by atoms with Crippen LogP contribution >= 0.6 is 0 Å². The lowest BCUT2D eigenvalue weighted by Crippen LogP contribution is -2.51. The highest BCUT2D eigenvalue weighted by Crippen LogP contribution is 2.30. The van der Waals surface area contributed by atoms with Gasteiger partial charge in [-0.2, -0.15) is 0 Å². The van der Waals surface area contributed by atoms with Gasteiger partial charge in [0.2, 0.25) is 5.91 Å². The number of aryl methyl sites for hydroxylation is 2. The summed E-state index contributed by atoms with van der Waals surface area (Å²) in [6.07, 6.45) is 4.52. The third-order valence-electron chi connectivity index (χ3n) is 4.94. The number of likely N-dealkylation sites (tertiary alicyclic amines) is 1. The van der Waals surface area contributed by atoms with Crippen LogP contribution in [0.5, 0.6) is 0 Å². The van der Waals surface area contributed by atoms with Gasteiger partial charge in [-0.15, -0.1) is 0 Å². The van der Waals surface area contributed by atoms with Crippen molar-refractivity contribution < 1.29 is 9.59 Å². The number of hydrogen-bond acceptors (Lipinski definition) is 3. The van der Waals surface area contributed by atoms with E-state index < -0.39 is 0 Å².